The van der Waals surface area contributed by atoms with Crippen LogP contribution in [0.4, 0.5) is 0 Å². The van der Waals surface area contributed by atoms with Crippen molar-refractivity contribution in [1.82, 2.24) is 15.1 Å². The maximum absolute atomic E-state index is 13.5. The van der Waals surface area contributed by atoms with E-state index >= 15 is 0 Å². The van der Waals surface area contributed by atoms with Gasteiger partial charge in [0.25, 0.3) is 11.8 Å². The fraction of sp³-hybridized carbons (Fsp3) is 0.333. The number of imide groups is 1. The smallest absolute Gasteiger partial charge is 0.255 e. The van der Waals surface area contributed by atoms with Gasteiger partial charge in [-0.25, -0.2) is 0 Å². The molecule has 1 unspecified atom stereocenters. The molecule has 2 aromatic carbocycles. The van der Waals surface area contributed by atoms with Crippen molar-refractivity contribution in [2.24, 2.45) is 0 Å². The second-order valence-corrected chi connectivity index (χ2v) is 8.34. The molecule has 0 radical (unpaired) electrons. The monoisotopic (exact) mass is 433 g/mol. The molecule has 3 heterocycles. The van der Waals surface area contributed by atoms with E-state index in [4.69, 9.17) is 4.74 Å². The summed E-state index contributed by atoms with van der Waals surface area (Å²) in [5.41, 5.74) is 3.82. The molecule has 0 bridgehead atoms. The third-order valence-electron chi connectivity index (χ3n) is 6.53. The van der Waals surface area contributed by atoms with Gasteiger partial charge in [0.15, 0.2) is 0 Å². The lowest BCUT2D eigenvalue weighted by Gasteiger charge is -2.30. The van der Waals surface area contributed by atoms with Gasteiger partial charge < -0.3 is 14.5 Å². The van der Waals surface area contributed by atoms with Gasteiger partial charge in [-0.1, -0.05) is 12.1 Å². The molecule has 2 aromatic rings. The van der Waals surface area contributed by atoms with E-state index in [2.05, 4.69) is 5.32 Å². The standard InChI is InChI=1S/C24H23N3O5/c1-32-16-6-5-14-9-10-26(12-15(14)11-16)23(30)17-3-2-4-18-19(17)13-27(24(18)31)20-7-8-21(28)25-22(20)29/h2-6,11,20H,7-10,12-13H2,1H3,(H,25,28,29). The molecule has 0 spiro atoms. The summed E-state index contributed by atoms with van der Waals surface area (Å²) in [5.74, 6) is -0.444. The molecule has 1 atom stereocenters. The third-order valence-corrected chi connectivity index (χ3v) is 6.53. The van der Waals surface area contributed by atoms with E-state index in [-0.39, 0.29) is 30.7 Å². The van der Waals surface area contributed by atoms with Crippen molar-refractivity contribution in [3.05, 3.63) is 64.2 Å². The SMILES string of the molecule is COc1ccc2c(c1)CN(C(=O)c1cccc3c1CN(C1CCC(=O)NC1=O)C3=O)CC2. The van der Waals surface area contributed by atoms with Gasteiger partial charge >= 0.3 is 0 Å². The molecule has 1 saturated heterocycles. The van der Waals surface area contributed by atoms with Crippen LogP contribution in [0.15, 0.2) is 36.4 Å². The van der Waals surface area contributed by atoms with Crippen molar-refractivity contribution in [2.45, 2.75) is 38.4 Å². The fourth-order valence-corrected chi connectivity index (χ4v) is 4.79. The topological polar surface area (TPSA) is 96.0 Å². The van der Waals surface area contributed by atoms with Gasteiger partial charge in [0.05, 0.1) is 7.11 Å². The zero-order valence-corrected chi connectivity index (χ0v) is 17.7. The number of benzene rings is 2. The van der Waals surface area contributed by atoms with Gasteiger partial charge in [-0.05, 0) is 53.8 Å². The highest BCUT2D eigenvalue weighted by Crippen LogP contribution is 2.32. The largest absolute Gasteiger partial charge is 0.497 e. The summed E-state index contributed by atoms with van der Waals surface area (Å²) in [7, 11) is 1.62. The van der Waals surface area contributed by atoms with Crippen LogP contribution in [0.2, 0.25) is 0 Å². The van der Waals surface area contributed by atoms with Gasteiger partial charge in [0.1, 0.15) is 11.8 Å². The summed E-state index contributed by atoms with van der Waals surface area (Å²) < 4.78 is 5.32. The Bertz CT molecular complexity index is 1160. The van der Waals surface area contributed by atoms with E-state index in [1.165, 1.54) is 10.5 Å². The van der Waals surface area contributed by atoms with Crippen molar-refractivity contribution in [1.29, 1.82) is 0 Å². The van der Waals surface area contributed by atoms with E-state index in [0.29, 0.717) is 36.2 Å². The van der Waals surface area contributed by atoms with Crippen LogP contribution in [-0.2, 0) is 29.1 Å². The van der Waals surface area contributed by atoms with Crippen LogP contribution < -0.4 is 10.1 Å². The predicted molar refractivity (Wildman–Crippen MR) is 114 cm³/mol. The van der Waals surface area contributed by atoms with Gasteiger partial charge in [0.2, 0.25) is 11.8 Å². The molecule has 1 N–H and O–H groups in total. The first-order chi connectivity index (χ1) is 15.5. The van der Waals surface area contributed by atoms with Crippen LogP contribution >= 0.6 is 0 Å². The van der Waals surface area contributed by atoms with Crippen molar-refractivity contribution >= 4 is 23.6 Å². The van der Waals surface area contributed by atoms with Crippen LogP contribution in [0.5, 0.6) is 5.75 Å². The van der Waals surface area contributed by atoms with Gasteiger partial charge in [-0.3, -0.25) is 24.5 Å². The maximum atomic E-state index is 13.5. The Labute approximate surface area is 185 Å². The number of nitrogens with zero attached hydrogens (tertiary/aromatic N) is 2. The number of hydrogen-bond donors (Lipinski definition) is 1. The Hall–Kier alpha value is -3.68. The number of rotatable bonds is 3. The Morgan fingerprint density at radius 2 is 1.91 bits per heavy atom. The number of amides is 4. The highest BCUT2D eigenvalue weighted by Gasteiger charge is 2.40. The van der Waals surface area contributed by atoms with Crippen LogP contribution in [0.25, 0.3) is 0 Å². The third kappa shape index (κ3) is 3.32. The number of methoxy groups -OCH3 is 1. The molecule has 8 heteroatoms. The molecule has 32 heavy (non-hydrogen) atoms. The second kappa shape index (κ2) is 7.78. The lowest BCUT2D eigenvalue weighted by atomic mass is 9.97. The summed E-state index contributed by atoms with van der Waals surface area (Å²) in [6.07, 6.45) is 1.23. The van der Waals surface area contributed by atoms with E-state index in [9.17, 15) is 19.2 Å². The summed E-state index contributed by atoms with van der Waals surface area (Å²) in [4.78, 5) is 53.6. The van der Waals surface area contributed by atoms with Crippen LogP contribution in [0, 0.1) is 0 Å². The first-order valence-corrected chi connectivity index (χ1v) is 10.7. The molecule has 4 amide bonds. The minimum atomic E-state index is -0.704. The van der Waals surface area contributed by atoms with Crippen molar-refractivity contribution in [3.8, 4) is 5.75 Å². The fourth-order valence-electron chi connectivity index (χ4n) is 4.79. The molecule has 0 aliphatic carbocycles. The molecule has 164 valence electrons. The molecule has 5 rings (SSSR count). The van der Waals surface area contributed by atoms with E-state index in [1.54, 1.807) is 30.2 Å². The summed E-state index contributed by atoms with van der Waals surface area (Å²) in [6.45, 7) is 1.24. The molecule has 0 saturated carbocycles. The van der Waals surface area contributed by atoms with Crippen LogP contribution in [0.1, 0.15) is 50.2 Å². The molecule has 3 aliphatic heterocycles. The number of carbonyl (C=O) groups excluding carboxylic acids is 4. The second-order valence-electron chi connectivity index (χ2n) is 8.34. The zero-order chi connectivity index (χ0) is 22.4. The molecule has 0 aromatic heterocycles. The van der Waals surface area contributed by atoms with Crippen LogP contribution in [0.3, 0.4) is 0 Å². The number of fused-ring (bicyclic) bond motifs is 2. The zero-order valence-electron chi connectivity index (χ0n) is 17.7. The first kappa shape index (κ1) is 20.2. The molecular formula is C24H23N3O5. The quantitative estimate of drug-likeness (QED) is 0.743. The average molecular weight is 433 g/mol. The van der Waals surface area contributed by atoms with Crippen molar-refractivity contribution < 1.29 is 23.9 Å². The van der Waals surface area contributed by atoms with Crippen molar-refractivity contribution in [3.63, 3.8) is 0 Å². The lowest BCUT2D eigenvalue weighted by molar-refractivity contribution is -0.136. The summed E-state index contributed by atoms with van der Waals surface area (Å²) in [6, 6.07) is 10.4. The molecule has 1 fully saturated rings. The minimum absolute atomic E-state index is 0.131. The molecular weight excluding hydrogens is 410 g/mol. The van der Waals surface area contributed by atoms with E-state index < -0.39 is 11.9 Å². The molecule has 3 aliphatic rings. The number of carbonyl (C=O) groups is 4. The number of piperidine rings is 1. The van der Waals surface area contributed by atoms with E-state index in [1.807, 2.05) is 18.2 Å². The highest BCUT2D eigenvalue weighted by molar-refractivity contribution is 6.07. The van der Waals surface area contributed by atoms with Crippen molar-refractivity contribution in [2.75, 3.05) is 13.7 Å². The summed E-state index contributed by atoms with van der Waals surface area (Å²) >= 11 is 0. The Morgan fingerprint density at radius 1 is 1.06 bits per heavy atom. The van der Waals surface area contributed by atoms with Crippen LogP contribution in [-0.4, -0.2) is 53.1 Å². The number of ether oxygens (including phenoxy) is 1. The van der Waals surface area contributed by atoms with Gasteiger partial charge in [0, 0.05) is 37.2 Å². The normalized spacial score (nSPS) is 20.0. The predicted octanol–water partition coefficient (Wildman–Crippen LogP) is 1.65. The summed E-state index contributed by atoms with van der Waals surface area (Å²) in [5, 5.41) is 2.30. The number of hydrogen-bond acceptors (Lipinski definition) is 5. The van der Waals surface area contributed by atoms with Gasteiger partial charge in [-0.2, -0.15) is 0 Å². The Kier molecular flexibility index (Phi) is 4.92. The maximum Gasteiger partial charge on any atom is 0.255 e. The highest BCUT2D eigenvalue weighted by atomic mass is 16.5. The van der Waals surface area contributed by atoms with E-state index in [0.717, 1.165) is 17.7 Å². The minimum Gasteiger partial charge on any atom is -0.497 e. The average Bonchev–Trinajstić information content (AvgIpc) is 3.14. The first-order valence-electron chi connectivity index (χ1n) is 10.7. The molecule has 8 nitrogen and oxygen atoms in total. The van der Waals surface area contributed by atoms with Gasteiger partial charge in [-0.15, -0.1) is 0 Å². The lowest BCUT2D eigenvalue weighted by Crippen LogP contribution is -2.52. The Balaban J connectivity index is 1.40. The Morgan fingerprint density at radius 3 is 2.69 bits per heavy atom. The number of nitrogens with one attached hydrogen (secondary N) is 1.